The van der Waals surface area contributed by atoms with E-state index in [1.165, 1.54) is 70.6 Å². The summed E-state index contributed by atoms with van der Waals surface area (Å²) in [5.74, 6) is 0. The zero-order valence-electron chi connectivity index (χ0n) is 15.8. The Labute approximate surface area is 144 Å². The molecule has 0 spiro atoms. The van der Waals surface area contributed by atoms with Gasteiger partial charge < -0.3 is 15.6 Å². The molecule has 3 N–H and O–H groups in total. The molecule has 0 aliphatic heterocycles. The van der Waals surface area contributed by atoms with E-state index in [-0.39, 0.29) is 12.1 Å². The molecule has 138 valence electrons. The standard InChI is InChI=1S/C20H41NO2/c1-4-5-6-7-8-9-10-11-12-13-14-15-16-17-19(22)20(21)18(2)23-3/h16-20,22H,4-15,21H2,1-3H3/b17-16+. The van der Waals surface area contributed by atoms with E-state index in [9.17, 15) is 5.11 Å². The maximum absolute atomic E-state index is 9.90. The molecule has 3 atom stereocenters. The van der Waals surface area contributed by atoms with Crippen LogP contribution in [0.5, 0.6) is 0 Å². The SMILES string of the molecule is CCCCCCCCCCCCC/C=C/C(O)C(N)C(C)OC. The Bertz CT molecular complexity index is 268. The highest BCUT2D eigenvalue weighted by molar-refractivity contribution is 4.95. The first-order valence-electron chi connectivity index (χ1n) is 9.76. The number of hydrogen-bond donors (Lipinski definition) is 2. The molecule has 0 aromatic rings. The van der Waals surface area contributed by atoms with Gasteiger partial charge in [-0.1, -0.05) is 83.3 Å². The highest BCUT2D eigenvalue weighted by Gasteiger charge is 2.18. The molecule has 0 bridgehead atoms. The maximum atomic E-state index is 9.90. The van der Waals surface area contributed by atoms with Gasteiger partial charge in [-0.3, -0.25) is 0 Å². The number of allylic oxidation sites excluding steroid dienone is 1. The lowest BCUT2D eigenvalue weighted by molar-refractivity contribution is 0.0518. The van der Waals surface area contributed by atoms with Crippen LogP contribution in [0.25, 0.3) is 0 Å². The van der Waals surface area contributed by atoms with Crippen molar-refractivity contribution >= 4 is 0 Å². The van der Waals surface area contributed by atoms with Crippen molar-refractivity contribution < 1.29 is 9.84 Å². The molecule has 0 rings (SSSR count). The van der Waals surface area contributed by atoms with Crippen molar-refractivity contribution in [1.29, 1.82) is 0 Å². The predicted molar refractivity (Wildman–Crippen MR) is 101 cm³/mol. The number of hydrogen-bond acceptors (Lipinski definition) is 3. The number of aliphatic hydroxyl groups is 1. The van der Waals surface area contributed by atoms with Gasteiger partial charge in [-0.25, -0.2) is 0 Å². The molecular weight excluding hydrogens is 286 g/mol. The van der Waals surface area contributed by atoms with Crippen molar-refractivity contribution in [3.8, 4) is 0 Å². The molecule has 0 heterocycles. The maximum Gasteiger partial charge on any atom is 0.0897 e. The highest BCUT2D eigenvalue weighted by Crippen LogP contribution is 2.12. The van der Waals surface area contributed by atoms with E-state index in [1.54, 1.807) is 7.11 Å². The van der Waals surface area contributed by atoms with Gasteiger partial charge in [0.15, 0.2) is 0 Å². The summed E-state index contributed by atoms with van der Waals surface area (Å²) in [6.07, 6.45) is 19.2. The van der Waals surface area contributed by atoms with Crippen molar-refractivity contribution in [2.75, 3.05) is 7.11 Å². The molecule has 0 aromatic carbocycles. The predicted octanol–water partition coefficient (Wildman–Crippen LogP) is 4.97. The number of aliphatic hydroxyl groups excluding tert-OH is 1. The van der Waals surface area contributed by atoms with Crippen LogP contribution in [0.1, 0.15) is 90.9 Å². The lowest BCUT2D eigenvalue weighted by Crippen LogP contribution is -2.43. The summed E-state index contributed by atoms with van der Waals surface area (Å²) in [7, 11) is 1.62. The Morgan fingerprint density at radius 2 is 1.39 bits per heavy atom. The van der Waals surface area contributed by atoms with Crippen LogP contribution in [0.15, 0.2) is 12.2 Å². The molecule has 0 fully saturated rings. The van der Waals surface area contributed by atoms with Crippen LogP contribution in [0.2, 0.25) is 0 Å². The Hall–Kier alpha value is -0.380. The van der Waals surface area contributed by atoms with E-state index in [2.05, 4.69) is 13.0 Å². The summed E-state index contributed by atoms with van der Waals surface area (Å²) in [5.41, 5.74) is 5.89. The average Bonchev–Trinajstić information content (AvgIpc) is 2.57. The van der Waals surface area contributed by atoms with Crippen LogP contribution in [0.3, 0.4) is 0 Å². The highest BCUT2D eigenvalue weighted by atomic mass is 16.5. The van der Waals surface area contributed by atoms with Crippen molar-refractivity contribution in [2.24, 2.45) is 5.73 Å². The van der Waals surface area contributed by atoms with Gasteiger partial charge in [0.05, 0.1) is 18.2 Å². The first-order chi connectivity index (χ1) is 11.1. The minimum atomic E-state index is -0.613. The lowest BCUT2D eigenvalue weighted by atomic mass is 10.0. The Morgan fingerprint density at radius 3 is 1.87 bits per heavy atom. The van der Waals surface area contributed by atoms with Gasteiger partial charge in [0.25, 0.3) is 0 Å². The fraction of sp³-hybridized carbons (Fsp3) is 0.900. The quantitative estimate of drug-likeness (QED) is 0.311. The molecule has 0 aliphatic rings. The molecule has 0 aliphatic carbocycles. The van der Waals surface area contributed by atoms with Crippen molar-refractivity contribution in [2.45, 2.75) is 109 Å². The smallest absolute Gasteiger partial charge is 0.0897 e. The van der Waals surface area contributed by atoms with E-state index in [0.717, 1.165) is 6.42 Å². The zero-order valence-corrected chi connectivity index (χ0v) is 15.8. The average molecular weight is 328 g/mol. The summed E-state index contributed by atoms with van der Waals surface area (Å²) in [6.45, 7) is 4.15. The number of rotatable bonds is 16. The van der Waals surface area contributed by atoms with Crippen LogP contribution >= 0.6 is 0 Å². The van der Waals surface area contributed by atoms with Crippen LogP contribution in [-0.2, 0) is 4.74 Å². The molecule has 3 heteroatoms. The van der Waals surface area contributed by atoms with Crippen LogP contribution in [0, 0.1) is 0 Å². The first kappa shape index (κ1) is 22.6. The van der Waals surface area contributed by atoms with Gasteiger partial charge in [0.2, 0.25) is 0 Å². The van der Waals surface area contributed by atoms with Gasteiger partial charge in [-0.15, -0.1) is 0 Å². The fourth-order valence-electron chi connectivity index (χ4n) is 2.73. The van der Waals surface area contributed by atoms with Crippen LogP contribution < -0.4 is 5.73 Å². The summed E-state index contributed by atoms with van der Waals surface area (Å²) in [4.78, 5) is 0. The molecule has 0 amide bonds. The topological polar surface area (TPSA) is 55.5 Å². The molecule has 3 unspecified atom stereocenters. The van der Waals surface area contributed by atoms with E-state index in [0.29, 0.717) is 0 Å². The van der Waals surface area contributed by atoms with Gasteiger partial charge in [-0.05, 0) is 19.8 Å². The molecule has 0 saturated heterocycles. The van der Waals surface area contributed by atoms with Gasteiger partial charge in [0, 0.05) is 7.11 Å². The van der Waals surface area contributed by atoms with Crippen molar-refractivity contribution in [1.82, 2.24) is 0 Å². The van der Waals surface area contributed by atoms with Crippen LogP contribution in [0.4, 0.5) is 0 Å². The minimum absolute atomic E-state index is 0.128. The van der Waals surface area contributed by atoms with Gasteiger partial charge >= 0.3 is 0 Å². The monoisotopic (exact) mass is 327 g/mol. The van der Waals surface area contributed by atoms with E-state index >= 15 is 0 Å². The molecule has 23 heavy (non-hydrogen) atoms. The fourth-order valence-corrected chi connectivity index (χ4v) is 2.73. The number of unbranched alkanes of at least 4 members (excludes halogenated alkanes) is 11. The summed E-state index contributed by atoms with van der Waals surface area (Å²) >= 11 is 0. The second kappa shape index (κ2) is 16.5. The third-order valence-corrected chi connectivity index (χ3v) is 4.62. The van der Waals surface area contributed by atoms with E-state index in [1.807, 2.05) is 13.0 Å². The van der Waals surface area contributed by atoms with E-state index < -0.39 is 6.10 Å². The number of nitrogens with two attached hydrogens (primary N) is 1. The zero-order chi connectivity index (χ0) is 17.3. The Morgan fingerprint density at radius 1 is 0.913 bits per heavy atom. The normalized spacial score (nSPS) is 15.9. The van der Waals surface area contributed by atoms with Crippen molar-refractivity contribution in [3.05, 3.63) is 12.2 Å². The summed E-state index contributed by atoms with van der Waals surface area (Å²) < 4.78 is 5.13. The third kappa shape index (κ3) is 13.7. The number of ether oxygens (including phenoxy) is 1. The van der Waals surface area contributed by atoms with E-state index in [4.69, 9.17) is 10.5 Å². The summed E-state index contributed by atoms with van der Waals surface area (Å²) in [5, 5.41) is 9.90. The molecule has 0 aromatic heterocycles. The largest absolute Gasteiger partial charge is 0.387 e. The second-order valence-corrected chi connectivity index (χ2v) is 6.76. The minimum Gasteiger partial charge on any atom is -0.387 e. The lowest BCUT2D eigenvalue weighted by Gasteiger charge is -2.21. The van der Waals surface area contributed by atoms with Crippen LogP contribution in [-0.4, -0.2) is 30.5 Å². The van der Waals surface area contributed by atoms with Gasteiger partial charge in [-0.2, -0.15) is 0 Å². The second-order valence-electron chi connectivity index (χ2n) is 6.76. The molecule has 3 nitrogen and oxygen atoms in total. The van der Waals surface area contributed by atoms with Crippen molar-refractivity contribution in [3.63, 3.8) is 0 Å². The summed E-state index contributed by atoms with van der Waals surface area (Å²) in [6, 6.07) is -0.353. The number of methoxy groups -OCH3 is 1. The third-order valence-electron chi connectivity index (χ3n) is 4.62. The Balaban J connectivity index is 3.37. The Kier molecular flexibility index (Phi) is 16.2. The molecule has 0 radical (unpaired) electrons. The molecule has 0 saturated carbocycles. The molecular formula is C20H41NO2. The first-order valence-corrected chi connectivity index (χ1v) is 9.76. The van der Waals surface area contributed by atoms with Gasteiger partial charge in [0.1, 0.15) is 0 Å².